The molecule has 0 aliphatic rings. The molecule has 1 heterocycles. The van der Waals surface area contributed by atoms with Gasteiger partial charge in [-0.1, -0.05) is 12.1 Å². The van der Waals surface area contributed by atoms with Crippen LogP contribution in [0.5, 0.6) is 11.5 Å². The predicted molar refractivity (Wildman–Crippen MR) is 111 cm³/mol. The van der Waals surface area contributed by atoms with E-state index in [2.05, 4.69) is 10.3 Å². The summed E-state index contributed by atoms with van der Waals surface area (Å²) < 4.78 is 25.7. The Kier molecular flexibility index (Phi) is 8.45. The number of rotatable bonds is 9. The highest BCUT2D eigenvalue weighted by atomic mass is 35.5. The van der Waals surface area contributed by atoms with Gasteiger partial charge >= 0.3 is 0 Å². The molecule has 2 atom stereocenters. The van der Waals surface area contributed by atoms with Crippen LogP contribution >= 0.6 is 12.4 Å². The number of nitrogens with one attached hydrogen (secondary N) is 1. The Morgan fingerprint density at radius 2 is 1.93 bits per heavy atom. The predicted octanol–water partition coefficient (Wildman–Crippen LogP) is 3.11. The Hall–Kier alpha value is -2.61. The molecule has 0 bridgehead atoms. The van der Waals surface area contributed by atoms with Gasteiger partial charge < -0.3 is 24.5 Å². The molecule has 0 amide bonds. The first-order valence-corrected chi connectivity index (χ1v) is 8.98. The van der Waals surface area contributed by atoms with Gasteiger partial charge in [0, 0.05) is 26.0 Å². The molecule has 2 unspecified atom stereocenters. The quantitative estimate of drug-likeness (QED) is 0.555. The van der Waals surface area contributed by atoms with Crippen LogP contribution in [0, 0.1) is 5.82 Å². The van der Waals surface area contributed by atoms with Crippen molar-refractivity contribution in [2.75, 3.05) is 20.3 Å². The summed E-state index contributed by atoms with van der Waals surface area (Å²) in [6.45, 7) is 0.375. The van der Waals surface area contributed by atoms with Crippen LogP contribution in [-0.2, 0) is 7.05 Å². The fraction of sp³-hybridized carbons (Fsp3) is 0.286. The topological polar surface area (TPSA) is 68.5 Å². The fourth-order valence-electron chi connectivity index (χ4n) is 2.87. The van der Waals surface area contributed by atoms with Gasteiger partial charge in [-0.15, -0.1) is 12.4 Å². The van der Waals surface area contributed by atoms with Crippen LogP contribution in [0.1, 0.15) is 17.4 Å². The van der Waals surface area contributed by atoms with Crippen molar-refractivity contribution >= 4 is 12.4 Å². The van der Waals surface area contributed by atoms with Crippen molar-refractivity contribution in [1.82, 2.24) is 14.9 Å². The maximum absolute atomic E-state index is 12.9. The lowest BCUT2D eigenvalue weighted by molar-refractivity contribution is 0.104. The second kappa shape index (κ2) is 10.8. The van der Waals surface area contributed by atoms with E-state index in [1.165, 1.54) is 24.3 Å². The van der Waals surface area contributed by atoms with E-state index in [9.17, 15) is 9.50 Å². The molecule has 0 fully saturated rings. The van der Waals surface area contributed by atoms with E-state index in [4.69, 9.17) is 9.47 Å². The summed E-state index contributed by atoms with van der Waals surface area (Å²) in [6, 6.07) is 13.2. The van der Waals surface area contributed by atoms with Crippen molar-refractivity contribution in [2.45, 2.75) is 12.1 Å². The molecule has 0 aliphatic carbocycles. The molecule has 1 aromatic heterocycles. The lowest BCUT2D eigenvalue weighted by Crippen LogP contribution is -2.35. The number of aliphatic hydroxyl groups excluding tert-OH is 1. The summed E-state index contributed by atoms with van der Waals surface area (Å²) >= 11 is 0. The molecule has 0 spiro atoms. The van der Waals surface area contributed by atoms with Crippen LogP contribution in [0.15, 0.2) is 60.9 Å². The number of imidazole rings is 1. The Balaban J connectivity index is 0.00000300. The van der Waals surface area contributed by atoms with Crippen LogP contribution in [0.4, 0.5) is 4.39 Å². The molecule has 3 rings (SSSR count). The number of hydrogen-bond acceptors (Lipinski definition) is 5. The van der Waals surface area contributed by atoms with Crippen molar-refractivity contribution in [2.24, 2.45) is 7.05 Å². The molecule has 29 heavy (non-hydrogen) atoms. The van der Waals surface area contributed by atoms with E-state index >= 15 is 0 Å². The van der Waals surface area contributed by atoms with E-state index in [1.807, 2.05) is 42.1 Å². The minimum Gasteiger partial charge on any atom is -0.497 e. The Labute approximate surface area is 175 Å². The Bertz CT molecular complexity index is 889. The Morgan fingerprint density at radius 1 is 1.17 bits per heavy atom. The van der Waals surface area contributed by atoms with Gasteiger partial charge in [0.2, 0.25) is 0 Å². The molecule has 8 heteroatoms. The maximum atomic E-state index is 12.9. The summed E-state index contributed by atoms with van der Waals surface area (Å²) in [5, 5.41) is 13.7. The maximum Gasteiger partial charge on any atom is 0.130 e. The number of aliphatic hydroxyl groups is 1. The number of nitrogens with zero attached hydrogens (tertiary/aromatic N) is 2. The monoisotopic (exact) mass is 421 g/mol. The molecule has 2 aromatic carbocycles. The van der Waals surface area contributed by atoms with Gasteiger partial charge in [-0.25, -0.2) is 9.37 Å². The number of hydrogen-bond donors (Lipinski definition) is 2. The highest BCUT2D eigenvalue weighted by Crippen LogP contribution is 2.24. The molecular formula is C21H25ClFN3O3. The van der Waals surface area contributed by atoms with E-state index in [0.29, 0.717) is 5.75 Å². The van der Waals surface area contributed by atoms with Crippen molar-refractivity contribution in [3.8, 4) is 11.5 Å². The number of halogens is 2. The fourth-order valence-corrected chi connectivity index (χ4v) is 2.87. The van der Waals surface area contributed by atoms with Gasteiger partial charge in [-0.3, -0.25) is 0 Å². The number of ether oxygens (including phenoxy) is 2. The van der Waals surface area contributed by atoms with Crippen molar-refractivity contribution in [1.29, 1.82) is 0 Å². The zero-order valence-electron chi connectivity index (χ0n) is 16.3. The van der Waals surface area contributed by atoms with E-state index in [-0.39, 0.29) is 37.4 Å². The summed E-state index contributed by atoms with van der Waals surface area (Å²) in [7, 11) is 3.55. The number of aromatic nitrogens is 2. The average molecular weight is 422 g/mol. The molecule has 6 nitrogen and oxygen atoms in total. The number of aryl methyl sites for hydroxylation is 1. The lowest BCUT2D eigenvalue weighted by atomic mass is 10.1. The standard InChI is InChI=1S/C21H24FN3O3.ClH/c1-25-11-10-23-21(25)20(15-4-3-5-19(12-15)27-2)24-13-17(26)14-28-18-8-6-16(22)7-9-18;/h3-12,17,20,24,26H,13-14H2,1-2H3;1H. The van der Waals surface area contributed by atoms with Crippen LogP contribution < -0.4 is 14.8 Å². The van der Waals surface area contributed by atoms with Crippen LogP contribution in [-0.4, -0.2) is 41.0 Å². The zero-order valence-corrected chi connectivity index (χ0v) is 17.1. The van der Waals surface area contributed by atoms with Gasteiger partial charge in [-0.2, -0.15) is 0 Å². The lowest BCUT2D eigenvalue weighted by Gasteiger charge is -2.22. The minimum atomic E-state index is -0.751. The molecule has 3 aromatic rings. The van der Waals surface area contributed by atoms with Crippen molar-refractivity contribution < 1.29 is 19.0 Å². The molecule has 0 saturated carbocycles. The van der Waals surface area contributed by atoms with E-state index < -0.39 is 6.10 Å². The Morgan fingerprint density at radius 3 is 2.59 bits per heavy atom. The highest BCUT2D eigenvalue weighted by Gasteiger charge is 2.20. The second-order valence-corrected chi connectivity index (χ2v) is 6.43. The number of benzene rings is 2. The van der Waals surface area contributed by atoms with Gasteiger partial charge in [-0.05, 0) is 42.0 Å². The van der Waals surface area contributed by atoms with Gasteiger partial charge in [0.05, 0.1) is 13.2 Å². The largest absolute Gasteiger partial charge is 0.497 e. The first-order chi connectivity index (χ1) is 13.6. The highest BCUT2D eigenvalue weighted by molar-refractivity contribution is 5.85. The normalized spacial score (nSPS) is 12.7. The first-order valence-electron chi connectivity index (χ1n) is 8.98. The van der Waals surface area contributed by atoms with E-state index in [1.54, 1.807) is 13.3 Å². The first kappa shape index (κ1) is 22.7. The number of methoxy groups -OCH3 is 1. The van der Waals surface area contributed by atoms with Crippen LogP contribution in [0.3, 0.4) is 0 Å². The van der Waals surface area contributed by atoms with Crippen molar-refractivity contribution in [3.63, 3.8) is 0 Å². The molecule has 0 aliphatic heterocycles. The molecule has 0 radical (unpaired) electrons. The summed E-state index contributed by atoms with van der Waals surface area (Å²) in [4.78, 5) is 4.44. The minimum absolute atomic E-state index is 0. The van der Waals surface area contributed by atoms with Crippen LogP contribution in [0.25, 0.3) is 0 Å². The van der Waals surface area contributed by atoms with Crippen molar-refractivity contribution in [3.05, 3.63) is 78.1 Å². The molecule has 156 valence electrons. The molecule has 2 N–H and O–H groups in total. The summed E-state index contributed by atoms with van der Waals surface area (Å²) in [5.74, 6) is 1.75. The van der Waals surface area contributed by atoms with Gasteiger partial charge in [0.1, 0.15) is 35.9 Å². The third-order valence-corrected chi connectivity index (χ3v) is 4.36. The third kappa shape index (κ3) is 6.19. The van der Waals surface area contributed by atoms with Crippen LogP contribution in [0.2, 0.25) is 0 Å². The third-order valence-electron chi connectivity index (χ3n) is 4.36. The smallest absolute Gasteiger partial charge is 0.130 e. The second-order valence-electron chi connectivity index (χ2n) is 6.43. The SMILES string of the molecule is COc1cccc(C(NCC(O)COc2ccc(F)cc2)c2nccn2C)c1.Cl. The van der Waals surface area contributed by atoms with Gasteiger partial charge in [0.15, 0.2) is 0 Å². The molecular weight excluding hydrogens is 397 g/mol. The average Bonchev–Trinajstić information content (AvgIpc) is 3.13. The summed E-state index contributed by atoms with van der Waals surface area (Å²) in [5.41, 5.74) is 0.973. The van der Waals surface area contributed by atoms with Gasteiger partial charge in [0.25, 0.3) is 0 Å². The van der Waals surface area contributed by atoms with E-state index in [0.717, 1.165) is 17.1 Å². The molecule has 0 saturated heterocycles. The zero-order chi connectivity index (χ0) is 19.9. The summed E-state index contributed by atoms with van der Waals surface area (Å²) in [6.07, 6.45) is 2.86.